The smallest absolute Gasteiger partial charge is 0.227 e. The molecule has 1 fully saturated rings. The third-order valence-corrected chi connectivity index (χ3v) is 4.75. The largest absolute Gasteiger partial charge is 0.395 e. The van der Waals surface area contributed by atoms with Gasteiger partial charge in [-0.25, -0.2) is 12.7 Å². The van der Waals surface area contributed by atoms with Crippen LogP contribution in [-0.2, 0) is 14.8 Å². The Bertz CT molecular complexity index is 368. The molecule has 0 bridgehead atoms. The molecule has 1 amide bonds. The maximum Gasteiger partial charge on any atom is 0.227 e. The standard InChI is InChI=1S/C9H18N2O4S/c1-9(8(13)10-2)3-4-11(7-9)16(14,15)6-5-12/h12H,3-7H2,1-2H3,(H,10,13). The average molecular weight is 250 g/mol. The molecule has 1 aliphatic heterocycles. The summed E-state index contributed by atoms with van der Waals surface area (Å²) in [6, 6.07) is 0. The van der Waals surface area contributed by atoms with E-state index in [1.807, 2.05) is 0 Å². The zero-order chi connectivity index (χ0) is 12.4. The van der Waals surface area contributed by atoms with Crippen LogP contribution in [0.15, 0.2) is 0 Å². The summed E-state index contributed by atoms with van der Waals surface area (Å²) in [7, 11) is -1.88. The number of hydrogen-bond donors (Lipinski definition) is 2. The average Bonchev–Trinajstić information content (AvgIpc) is 2.62. The van der Waals surface area contributed by atoms with Crippen molar-refractivity contribution in [3.63, 3.8) is 0 Å². The second kappa shape index (κ2) is 4.68. The molecule has 2 N–H and O–H groups in total. The lowest BCUT2D eigenvalue weighted by Crippen LogP contribution is -2.41. The Kier molecular flexibility index (Phi) is 3.92. The SMILES string of the molecule is CNC(=O)C1(C)CCN(S(=O)(=O)CCO)C1. The van der Waals surface area contributed by atoms with Gasteiger partial charge in [-0.05, 0) is 13.3 Å². The van der Waals surface area contributed by atoms with Gasteiger partial charge in [0.2, 0.25) is 15.9 Å². The zero-order valence-electron chi connectivity index (χ0n) is 9.56. The van der Waals surface area contributed by atoms with Gasteiger partial charge in [0.15, 0.2) is 0 Å². The van der Waals surface area contributed by atoms with Gasteiger partial charge in [0, 0.05) is 20.1 Å². The van der Waals surface area contributed by atoms with Gasteiger partial charge in [-0.15, -0.1) is 0 Å². The summed E-state index contributed by atoms with van der Waals surface area (Å²) in [5.41, 5.74) is -0.655. The van der Waals surface area contributed by atoms with E-state index in [1.54, 1.807) is 14.0 Å². The van der Waals surface area contributed by atoms with E-state index in [-0.39, 0.29) is 18.2 Å². The highest BCUT2D eigenvalue weighted by atomic mass is 32.2. The molecule has 1 aliphatic rings. The van der Waals surface area contributed by atoms with Crippen LogP contribution in [0.3, 0.4) is 0 Å². The molecule has 1 heterocycles. The summed E-state index contributed by atoms with van der Waals surface area (Å²) in [5, 5.41) is 11.2. The second-order valence-electron chi connectivity index (χ2n) is 4.26. The van der Waals surface area contributed by atoms with Crippen molar-refractivity contribution in [3.05, 3.63) is 0 Å². The maximum absolute atomic E-state index is 11.7. The minimum absolute atomic E-state index is 0.144. The first kappa shape index (κ1) is 13.4. The van der Waals surface area contributed by atoms with E-state index in [0.717, 1.165) is 0 Å². The first-order valence-corrected chi connectivity index (χ1v) is 6.77. The number of rotatable bonds is 4. The molecule has 0 spiro atoms. The van der Waals surface area contributed by atoms with Gasteiger partial charge in [0.25, 0.3) is 0 Å². The summed E-state index contributed by atoms with van der Waals surface area (Å²) in [4.78, 5) is 11.6. The fraction of sp³-hybridized carbons (Fsp3) is 0.889. The highest BCUT2D eigenvalue weighted by molar-refractivity contribution is 7.89. The topological polar surface area (TPSA) is 86.7 Å². The number of carbonyl (C=O) groups excluding carboxylic acids is 1. The fourth-order valence-electron chi connectivity index (χ4n) is 1.89. The first-order valence-electron chi connectivity index (χ1n) is 5.16. The Morgan fingerprint density at radius 3 is 2.69 bits per heavy atom. The van der Waals surface area contributed by atoms with E-state index in [1.165, 1.54) is 4.31 Å². The van der Waals surface area contributed by atoms with Crippen LogP contribution in [0.5, 0.6) is 0 Å². The molecule has 0 aromatic rings. The third kappa shape index (κ3) is 2.53. The van der Waals surface area contributed by atoms with Gasteiger partial charge < -0.3 is 10.4 Å². The van der Waals surface area contributed by atoms with E-state index >= 15 is 0 Å². The van der Waals surface area contributed by atoms with E-state index in [9.17, 15) is 13.2 Å². The minimum Gasteiger partial charge on any atom is -0.395 e. The molecule has 6 nitrogen and oxygen atoms in total. The number of aliphatic hydroxyl groups excluding tert-OH is 1. The third-order valence-electron chi connectivity index (χ3n) is 2.96. The van der Waals surface area contributed by atoms with Crippen molar-refractivity contribution in [1.29, 1.82) is 0 Å². The molecule has 94 valence electrons. The Morgan fingerprint density at radius 1 is 1.56 bits per heavy atom. The molecule has 0 aromatic heterocycles. The number of carbonyl (C=O) groups is 1. The van der Waals surface area contributed by atoms with Gasteiger partial charge in [-0.1, -0.05) is 0 Å². The lowest BCUT2D eigenvalue weighted by molar-refractivity contribution is -0.128. The molecule has 0 saturated carbocycles. The van der Waals surface area contributed by atoms with Crippen molar-refractivity contribution in [2.45, 2.75) is 13.3 Å². The normalized spacial score (nSPS) is 26.9. The van der Waals surface area contributed by atoms with Crippen LogP contribution in [-0.4, -0.2) is 56.2 Å². The Morgan fingerprint density at radius 2 is 2.19 bits per heavy atom. The first-order chi connectivity index (χ1) is 7.35. The van der Waals surface area contributed by atoms with Crippen LogP contribution in [0, 0.1) is 5.41 Å². The lowest BCUT2D eigenvalue weighted by atomic mass is 9.89. The number of sulfonamides is 1. The Hall–Kier alpha value is -0.660. The van der Waals surface area contributed by atoms with Crippen molar-refractivity contribution < 1.29 is 18.3 Å². The van der Waals surface area contributed by atoms with Gasteiger partial charge in [0.05, 0.1) is 17.8 Å². The van der Waals surface area contributed by atoms with Gasteiger partial charge in [-0.3, -0.25) is 4.79 Å². The molecule has 1 atom stereocenters. The molecular weight excluding hydrogens is 232 g/mol. The highest BCUT2D eigenvalue weighted by Crippen LogP contribution is 2.31. The van der Waals surface area contributed by atoms with Crippen molar-refractivity contribution >= 4 is 15.9 Å². The molecule has 1 unspecified atom stereocenters. The Balaban J connectivity index is 2.76. The Labute approximate surface area is 95.7 Å². The van der Waals surface area contributed by atoms with Crippen LogP contribution in [0.4, 0.5) is 0 Å². The van der Waals surface area contributed by atoms with Crippen molar-refractivity contribution in [1.82, 2.24) is 9.62 Å². The molecule has 0 radical (unpaired) electrons. The zero-order valence-corrected chi connectivity index (χ0v) is 10.4. The molecule has 1 rings (SSSR count). The van der Waals surface area contributed by atoms with Crippen molar-refractivity contribution in [3.8, 4) is 0 Å². The number of hydrogen-bond acceptors (Lipinski definition) is 4. The summed E-state index contributed by atoms with van der Waals surface area (Å²) in [6.45, 7) is 1.89. The number of aliphatic hydroxyl groups is 1. The van der Waals surface area contributed by atoms with Crippen molar-refractivity contribution in [2.24, 2.45) is 5.41 Å². The van der Waals surface area contributed by atoms with E-state index in [0.29, 0.717) is 13.0 Å². The summed E-state index contributed by atoms with van der Waals surface area (Å²) < 4.78 is 24.6. The molecule has 7 heteroatoms. The predicted octanol–water partition coefficient (Wildman–Crippen LogP) is -1.23. The van der Waals surface area contributed by atoms with Crippen LogP contribution in [0.25, 0.3) is 0 Å². The molecule has 0 aliphatic carbocycles. The second-order valence-corrected chi connectivity index (χ2v) is 6.35. The van der Waals surface area contributed by atoms with Gasteiger partial charge in [0.1, 0.15) is 0 Å². The molecular formula is C9H18N2O4S. The molecule has 1 saturated heterocycles. The highest BCUT2D eigenvalue weighted by Gasteiger charge is 2.43. The maximum atomic E-state index is 11.7. The van der Waals surface area contributed by atoms with E-state index in [4.69, 9.17) is 5.11 Å². The number of nitrogens with zero attached hydrogens (tertiary/aromatic N) is 1. The molecule has 16 heavy (non-hydrogen) atoms. The molecule has 0 aromatic carbocycles. The van der Waals surface area contributed by atoms with E-state index < -0.39 is 22.0 Å². The summed E-state index contributed by atoms with van der Waals surface area (Å²) in [5.74, 6) is -0.425. The van der Waals surface area contributed by atoms with Crippen LogP contribution in [0.1, 0.15) is 13.3 Å². The van der Waals surface area contributed by atoms with Gasteiger partial charge >= 0.3 is 0 Å². The quantitative estimate of drug-likeness (QED) is 0.654. The summed E-state index contributed by atoms with van der Waals surface area (Å²) >= 11 is 0. The predicted molar refractivity (Wildman–Crippen MR) is 59.2 cm³/mol. The number of amides is 1. The van der Waals surface area contributed by atoms with E-state index in [2.05, 4.69) is 5.32 Å². The summed E-state index contributed by atoms with van der Waals surface area (Å²) in [6.07, 6.45) is 0.511. The van der Waals surface area contributed by atoms with Crippen LogP contribution in [0.2, 0.25) is 0 Å². The van der Waals surface area contributed by atoms with Crippen LogP contribution < -0.4 is 5.32 Å². The fourth-order valence-corrected chi connectivity index (χ4v) is 3.23. The lowest BCUT2D eigenvalue weighted by Gasteiger charge is -2.22. The number of nitrogens with one attached hydrogen (secondary N) is 1. The van der Waals surface area contributed by atoms with Crippen molar-refractivity contribution in [2.75, 3.05) is 32.5 Å². The van der Waals surface area contributed by atoms with Gasteiger partial charge in [-0.2, -0.15) is 0 Å². The minimum atomic E-state index is -3.42. The monoisotopic (exact) mass is 250 g/mol. The van der Waals surface area contributed by atoms with Crippen LogP contribution >= 0.6 is 0 Å².